The zero-order chi connectivity index (χ0) is 17.2. The van der Waals surface area contributed by atoms with E-state index in [4.69, 9.17) is 0 Å². The molecule has 6 heteroatoms. The highest BCUT2D eigenvalue weighted by Crippen LogP contribution is 2.28. The van der Waals surface area contributed by atoms with Gasteiger partial charge in [0, 0.05) is 11.1 Å². The van der Waals surface area contributed by atoms with Crippen molar-refractivity contribution in [2.24, 2.45) is 0 Å². The molecule has 3 aromatic heterocycles. The molecule has 0 spiro atoms. The summed E-state index contributed by atoms with van der Waals surface area (Å²) in [5, 5.41) is 11.5. The third-order valence-electron chi connectivity index (χ3n) is 4.80. The van der Waals surface area contributed by atoms with Crippen LogP contribution in [0.3, 0.4) is 0 Å². The quantitative estimate of drug-likeness (QED) is 0.775. The van der Waals surface area contributed by atoms with Crippen LogP contribution in [0.2, 0.25) is 0 Å². The van der Waals surface area contributed by atoms with Crippen molar-refractivity contribution in [1.29, 1.82) is 0 Å². The summed E-state index contributed by atoms with van der Waals surface area (Å²) in [6.07, 6.45) is 9.19. The lowest BCUT2D eigenvalue weighted by Gasteiger charge is -2.11. The summed E-state index contributed by atoms with van der Waals surface area (Å²) >= 11 is 1.65. The van der Waals surface area contributed by atoms with Gasteiger partial charge in [0.2, 0.25) is 0 Å². The van der Waals surface area contributed by atoms with Gasteiger partial charge in [-0.05, 0) is 56.4 Å². The molecule has 1 amide bonds. The van der Waals surface area contributed by atoms with Gasteiger partial charge in [-0.25, -0.2) is 0 Å². The monoisotopic (exact) mass is 354 g/mol. The van der Waals surface area contributed by atoms with Crippen molar-refractivity contribution < 1.29 is 4.79 Å². The summed E-state index contributed by atoms with van der Waals surface area (Å²) in [7, 11) is 0. The summed E-state index contributed by atoms with van der Waals surface area (Å²) in [4.78, 5) is 14.9. The van der Waals surface area contributed by atoms with E-state index in [1.807, 2.05) is 35.7 Å². The maximum Gasteiger partial charge on any atom is 0.261 e. The van der Waals surface area contributed by atoms with Gasteiger partial charge in [0.15, 0.2) is 11.5 Å². The molecule has 1 aliphatic carbocycles. The number of nitrogens with zero attached hydrogens (tertiary/aromatic N) is 3. The van der Waals surface area contributed by atoms with Gasteiger partial charge in [0.25, 0.3) is 5.91 Å². The van der Waals surface area contributed by atoms with E-state index in [0.717, 1.165) is 29.2 Å². The van der Waals surface area contributed by atoms with E-state index in [9.17, 15) is 4.79 Å². The molecule has 0 fully saturated rings. The Labute approximate surface area is 151 Å². The standard InChI is InChI=1S/C19H22N4OS/c1-13(18-22-21-17-10-6-7-11-23(17)18)20-19(24)16-12-14-8-4-2-3-5-9-15(14)25-16/h6-7,10-13H,2-5,8-9H2,1H3,(H,20,24)/t13-/m1/s1. The first-order chi connectivity index (χ1) is 12.2. The number of carbonyl (C=O) groups is 1. The first-order valence-corrected chi connectivity index (χ1v) is 9.76. The van der Waals surface area contributed by atoms with E-state index in [1.165, 1.54) is 36.1 Å². The number of hydrogen-bond acceptors (Lipinski definition) is 4. The van der Waals surface area contributed by atoms with Crippen molar-refractivity contribution in [3.05, 3.63) is 51.6 Å². The number of aromatic nitrogens is 3. The number of aryl methyl sites for hydroxylation is 2. The minimum Gasteiger partial charge on any atom is -0.342 e. The molecule has 1 aliphatic rings. The van der Waals surface area contributed by atoms with Crippen LogP contribution in [0.25, 0.3) is 5.65 Å². The average molecular weight is 354 g/mol. The maximum absolute atomic E-state index is 12.7. The normalized spacial score (nSPS) is 16.0. The van der Waals surface area contributed by atoms with Crippen LogP contribution in [0, 0.1) is 0 Å². The second kappa shape index (κ2) is 6.96. The van der Waals surface area contributed by atoms with Gasteiger partial charge in [-0.15, -0.1) is 21.5 Å². The Morgan fingerprint density at radius 1 is 1.20 bits per heavy atom. The van der Waals surface area contributed by atoms with Gasteiger partial charge in [0.1, 0.15) is 0 Å². The number of fused-ring (bicyclic) bond motifs is 2. The van der Waals surface area contributed by atoms with Crippen molar-refractivity contribution in [1.82, 2.24) is 19.9 Å². The van der Waals surface area contributed by atoms with Crippen LogP contribution >= 0.6 is 11.3 Å². The molecule has 0 aromatic carbocycles. The minimum atomic E-state index is -0.199. The highest BCUT2D eigenvalue weighted by Gasteiger charge is 2.20. The molecule has 0 aliphatic heterocycles. The van der Waals surface area contributed by atoms with Crippen LogP contribution in [0.1, 0.15) is 64.6 Å². The molecule has 0 unspecified atom stereocenters. The van der Waals surface area contributed by atoms with E-state index < -0.39 is 0 Å². The topological polar surface area (TPSA) is 59.3 Å². The van der Waals surface area contributed by atoms with Crippen molar-refractivity contribution in [2.45, 2.75) is 51.5 Å². The Morgan fingerprint density at radius 2 is 2.04 bits per heavy atom. The molecule has 3 aromatic rings. The number of pyridine rings is 1. The first kappa shape index (κ1) is 16.3. The second-order valence-electron chi connectivity index (χ2n) is 6.66. The summed E-state index contributed by atoms with van der Waals surface area (Å²) in [5.74, 6) is 0.732. The number of thiophene rings is 1. The third kappa shape index (κ3) is 3.31. The largest absolute Gasteiger partial charge is 0.342 e. The zero-order valence-corrected chi connectivity index (χ0v) is 15.2. The average Bonchev–Trinajstić information content (AvgIpc) is 3.19. The lowest BCUT2D eigenvalue weighted by atomic mass is 10.00. The van der Waals surface area contributed by atoms with Crippen LogP contribution in [0.4, 0.5) is 0 Å². The lowest BCUT2D eigenvalue weighted by Crippen LogP contribution is -2.27. The highest BCUT2D eigenvalue weighted by molar-refractivity contribution is 7.14. The Morgan fingerprint density at radius 3 is 2.92 bits per heavy atom. The lowest BCUT2D eigenvalue weighted by molar-refractivity contribution is 0.0942. The van der Waals surface area contributed by atoms with Crippen LogP contribution in [-0.2, 0) is 12.8 Å². The van der Waals surface area contributed by atoms with Crippen LogP contribution < -0.4 is 5.32 Å². The highest BCUT2D eigenvalue weighted by atomic mass is 32.1. The number of amides is 1. The molecule has 4 rings (SSSR count). The Bertz CT molecular complexity index is 872. The van der Waals surface area contributed by atoms with Gasteiger partial charge in [-0.2, -0.15) is 0 Å². The van der Waals surface area contributed by atoms with Gasteiger partial charge in [-0.1, -0.05) is 18.9 Å². The molecule has 1 atom stereocenters. The molecule has 3 heterocycles. The number of carbonyl (C=O) groups excluding carboxylic acids is 1. The molecule has 0 radical (unpaired) electrons. The number of hydrogen-bond donors (Lipinski definition) is 1. The van der Waals surface area contributed by atoms with Gasteiger partial charge < -0.3 is 5.32 Å². The summed E-state index contributed by atoms with van der Waals surface area (Å²) in [5.41, 5.74) is 2.16. The molecular weight excluding hydrogens is 332 g/mol. The van der Waals surface area contributed by atoms with Crippen LogP contribution in [-0.4, -0.2) is 20.5 Å². The Balaban J connectivity index is 1.52. The van der Waals surface area contributed by atoms with E-state index in [0.29, 0.717) is 0 Å². The third-order valence-corrected chi connectivity index (χ3v) is 6.03. The molecular formula is C19H22N4OS. The first-order valence-electron chi connectivity index (χ1n) is 8.94. The Kier molecular flexibility index (Phi) is 4.53. The van der Waals surface area contributed by atoms with E-state index in [2.05, 4.69) is 21.6 Å². The maximum atomic E-state index is 12.7. The zero-order valence-electron chi connectivity index (χ0n) is 14.4. The molecule has 130 valence electrons. The molecule has 1 N–H and O–H groups in total. The predicted molar refractivity (Wildman–Crippen MR) is 99.1 cm³/mol. The van der Waals surface area contributed by atoms with Gasteiger partial charge in [-0.3, -0.25) is 9.20 Å². The smallest absolute Gasteiger partial charge is 0.261 e. The fourth-order valence-electron chi connectivity index (χ4n) is 3.44. The van der Waals surface area contributed by atoms with Crippen molar-refractivity contribution in [3.63, 3.8) is 0 Å². The van der Waals surface area contributed by atoms with Crippen molar-refractivity contribution >= 4 is 22.9 Å². The minimum absolute atomic E-state index is 0.0167. The van der Waals surface area contributed by atoms with E-state index in [-0.39, 0.29) is 11.9 Å². The summed E-state index contributed by atoms with van der Waals surface area (Å²) in [6, 6.07) is 7.67. The van der Waals surface area contributed by atoms with E-state index >= 15 is 0 Å². The summed E-state index contributed by atoms with van der Waals surface area (Å²) < 4.78 is 1.92. The number of rotatable bonds is 3. The predicted octanol–water partition coefficient (Wildman–Crippen LogP) is 3.94. The van der Waals surface area contributed by atoms with Crippen LogP contribution in [0.5, 0.6) is 0 Å². The fraction of sp³-hybridized carbons (Fsp3) is 0.421. The van der Waals surface area contributed by atoms with Crippen LogP contribution in [0.15, 0.2) is 30.5 Å². The fourth-order valence-corrected chi connectivity index (χ4v) is 4.60. The van der Waals surface area contributed by atoms with Gasteiger partial charge in [0.05, 0.1) is 10.9 Å². The molecule has 0 saturated heterocycles. The summed E-state index contributed by atoms with van der Waals surface area (Å²) in [6.45, 7) is 1.95. The van der Waals surface area contributed by atoms with E-state index in [1.54, 1.807) is 11.3 Å². The molecule has 25 heavy (non-hydrogen) atoms. The second-order valence-corrected chi connectivity index (χ2v) is 7.79. The SMILES string of the molecule is C[C@@H](NC(=O)c1cc2c(s1)CCCCCC2)c1nnc2ccccn12. The van der Waals surface area contributed by atoms with Crippen molar-refractivity contribution in [2.75, 3.05) is 0 Å². The molecule has 0 bridgehead atoms. The van der Waals surface area contributed by atoms with Crippen molar-refractivity contribution in [3.8, 4) is 0 Å². The number of nitrogens with one attached hydrogen (secondary N) is 1. The molecule has 5 nitrogen and oxygen atoms in total. The Hall–Kier alpha value is -2.21. The van der Waals surface area contributed by atoms with Gasteiger partial charge >= 0.3 is 0 Å². The molecule has 0 saturated carbocycles.